The average molecular weight is 256 g/mol. The second-order valence-electron chi connectivity index (χ2n) is 6.54. The predicted octanol–water partition coefficient (Wildman–Crippen LogP) is 1.78. The van der Waals surface area contributed by atoms with Gasteiger partial charge in [0.2, 0.25) is 5.91 Å². The van der Waals surface area contributed by atoms with Crippen LogP contribution in [0.25, 0.3) is 0 Å². The molecular formula is C14H28N2O2. The first-order chi connectivity index (χ1) is 8.21. The van der Waals surface area contributed by atoms with Crippen molar-refractivity contribution in [2.75, 3.05) is 19.6 Å². The molecule has 1 rings (SSSR count). The molecule has 0 aromatic rings. The maximum Gasteiger partial charge on any atom is 0.227 e. The van der Waals surface area contributed by atoms with E-state index in [1.54, 1.807) is 0 Å². The van der Waals surface area contributed by atoms with Crippen molar-refractivity contribution in [3.05, 3.63) is 0 Å². The first kappa shape index (κ1) is 15.4. The molecule has 0 aliphatic carbocycles. The lowest BCUT2D eigenvalue weighted by Gasteiger charge is -2.47. The van der Waals surface area contributed by atoms with Crippen molar-refractivity contribution >= 4 is 5.91 Å². The largest absolute Gasteiger partial charge is 0.366 e. The Bertz CT molecular complexity index is 284. The van der Waals surface area contributed by atoms with Gasteiger partial charge in [0.1, 0.15) is 0 Å². The van der Waals surface area contributed by atoms with Crippen molar-refractivity contribution in [1.29, 1.82) is 0 Å². The molecule has 2 N–H and O–H groups in total. The zero-order chi connectivity index (χ0) is 14.0. The first-order valence-electron chi connectivity index (χ1n) is 6.90. The molecule has 0 radical (unpaired) electrons. The lowest BCUT2D eigenvalue weighted by molar-refractivity contribution is -0.190. The molecule has 0 aromatic heterocycles. The van der Waals surface area contributed by atoms with Crippen LogP contribution in [0.2, 0.25) is 0 Å². The van der Waals surface area contributed by atoms with Crippen LogP contribution in [0.5, 0.6) is 0 Å². The summed E-state index contributed by atoms with van der Waals surface area (Å²) in [5.41, 5.74) is 5.15. The zero-order valence-corrected chi connectivity index (χ0v) is 12.5. The molecule has 0 aromatic carbocycles. The van der Waals surface area contributed by atoms with Gasteiger partial charge in [0.15, 0.2) is 0 Å². The normalized spacial score (nSPS) is 23.8. The highest BCUT2D eigenvalue weighted by Crippen LogP contribution is 2.29. The van der Waals surface area contributed by atoms with E-state index in [2.05, 4.69) is 6.92 Å². The van der Waals surface area contributed by atoms with Gasteiger partial charge in [-0.05, 0) is 34.1 Å². The molecule has 1 unspecified atom stereocenters. The van der Waals surface area contributed by atoms with Crippen molar-refractivity contribution < 1.29 is 9.53 Å². The standard InChI is InChI=1S/C14H28N2O2/c1-6-7-11(8-15)12(17)16-9-13(2,3)18-14(4,5)10-16/h11H,6-10,15H2,1-5H3. The summed E-state index contributed by atoms with van der Waals surface area (Å²) in [4.78, 5) is 14.4. The second kappa shape index (κ2) is 5.57. The van der Waals surface area contributed by atoms with Gasteiger partial charge < -0.3 is 15.4 Å². The third-order valence-electron chi connectivity index (χ3n) is 3.28. The number of amides is 1. The van der Waals surface area contributed by atoms with E-state index in [4.69, 9.17) is 10.5 Å². The van der Waals surface area contributed by atoms with E-state index in [-0.39, 0.29) is 23.0 Å². The van der Waals surface area contributed by atoms with Gasteiger partial charge in [-0.15, -0.1) is 0 Å². The van der Waals surface area contributed by atoms with Crippen LogP contribution >= 0.6 is 0 Å². The molecule has 1 aliphatic rings. The highest BCUT2D eigenvalue weighted by molar-refractivity contribution is 5.79. The predicted molar refractivity (Wildman–Crippen MR) is 73.3 cm³/mol. The Kier molecular flexibility index (Phi) is 4.78. The van der Waals surface area contributed by atoms with Gasteiger partial charge in [-0.25, -0.2) is 0 Å². The fourth-order valence-corrected chi connectivity index (χ4v) is 2.89. The number of ether oxygens (including phenoxy) is 1. The van der Waals surface area contributed by atoms with Crippen LogP contribution in [-0.4, -0.2) is 41.6 Å². The first-order valence-corrected chi connectivity index (χ1v) is 6.90. The fourth-order valence-electron chi connectivity index (χ4n) is 2.89. The van der Waals surface area contributed by atoms with Crippen LogP contribution < -0.4 is 5.73 Å². The van der Waals surface area contributed by atoms with Crippen LogP contribution in [-0.2, 0) is 9.53 Å². The summed E-state index contributed by atoms with van der Waals surface area (Å²) in [5.74, 6) is 0.142. The highest BCUT2D eigenvalue weighted by atomic mass is 16.5. The Morgan fingerprint density at radius 2 is 1.78 bits per heavy atom. The summed E-state index contributed by atoms with van der Waals surface area (Å²) in [6.45, 7) is 12.0. The Hall–Kier alpha value is -0.610. The number of nitrogens with two attached hydrogens (primary N) is 1. The van der Waals surface area contributed by atoms with Gasteiger partial charge in [-0.2, -0.15) is 0 Å². The summed E-state index contributed by atoms with van der Waals surface area (Å²) in [7, 11) is 0. The van der Waals surface area contributed by atoms with E-state index >= 15 is 0 Å². The maximum absolute atomic E-state index is 12.5. The van der Waals surface area contributed by atoms with Crippen LogP contribution in [0.3, 0.4) is 0 Å². The molecule has 106 valence electrons. The third kappa shape index (κ3) is 3.95. The topological polar surface area (TPSA) is 55.6 Å². The Balaban J connectivity index is 2.78. The summed E-state index contributed by atoms with van der Waals surface area (Å²) in [6, 6.07) is 0. The number of hydrogen-bond donors (Lipinski definition) is 1. The van der Waals surface area contributed by atoms with E-state index in [0.29, 0.717) is 19.6 Å². The fraction of sp³-hybridized carbons (Fsp3) is 0.929. The molecule has 0 bridgehead atoms. The molecule has 1 aliphatic heterocycles. The van der Waals surface area contributed by atoms with E-state index in [0.717, 1.165) is 12.8 Å². The zero-order valence-electron chi connectivity index (χ0n) is 12.5. The molecule has 1 fully saturated rings. The van der Waals surface area contributed by atoms with Gasteiger partial charge in [0.05, 0.1) is 17.1 Å². The minimum absolute atomic E-state index is 0.0419. The number of hydrogen-bond acceptors (Lipinski definition) is 3. The molecule has 18 heavy (non-hydrogen) atoms. The molecule has 1 saturated heterocycles. The SMILES string of the molecule is CCCC(CN)C(=O)N1CC(C)(C)OC(C)(C)C1. The summed E-state index contributed by atoms with van der Waals surface area (Å²) < 4.78 is 5.99. The van der Waals surface area contributed by atoms with Gasteiger partial charge in [-0.3, -0.25) is 4.79 Å². The number of rotatable bonds is 4. The molecular weight excluding hydrogens is 228 g/mol. The van der Waals surface area contributed by atoms with Crippen molar-refractivity contribution in [1.82, 2.24) is 4.90 Å². The Morgan fingerprint density at radius 1 is 1.28 bits per heavy atom. The highest BCUT2D eigenvalue weighted by Gasteiger charge is 2.40. The molecule has 0 spiro atoms. The number of morpholine rings is 1. The summed E-state index contributed by atoms with van der Waals surface area (Å²) in [5, 5.41) is 0. The minimum atomic E-state index is -0.289. The van der Waals surface area contributed by atoms with Gasteiger partial charge in [0, 0.05) is 19.6 Å². The maximum atomic E-state index is 12.5. The van der Waals surface area contributed by atoms with Crippen molar-refractivity contribution in [2.24, 2.45) is 11.7 Å². The minimum Gasteiger partial charge on any atom is -0.366 e. The second-order valence-corrected chi connectivity index (χ2v) is 6.54. The molecule has 1 heterocycles. The quantitative estimate of drug-likeness (QED) is 0.834. The van der Waals surface area contributed by atoms with Crippen LogP contribution in [0.15, 0.2) is 0 Å². The monoisotopic (exact) mass is 256 g/mol. The summed E-state index contributed by atoms with van der Waals surface area (Å²) >= 11 is 0. The van der Waals surface area contributed by atoms with Crippen LogP contribution in [0.1, 0.15) is 47.5 Å². The van der Waals surface area contributed by atoms with Gasteiger partial charge in [-0.1, -0.05) is 13.3 Å². The summed E-state index contributed by atoms with van der Waals surface area (Å²) in [6.07, 6.45) is 1.86. The average Bonchev–Trinajstić information content (AvgIpc) is 2.20. The molecule has 4 nitrogen and oxygen atoms in total. The van der Waals surface area contributed by atoms with Gasteiger partial charge in [0.25, 0.3) is 0 Å². The van der Waals surface area contributed by atoms with E-state index in [1.807, 2.05) is 32.6 Å². The van der Waals surface area contributed by atoms with E-state index < -0.39 is 0 Å². The molecule has 1 amide bonds. The number of carbonyl (C=O) groups excluding carboxylic acids is 1. The molecule has 1 atom stereocenters. The van der Waals surface area contributed by atoms with Crippen molar-refractivity contribution in [3.8, 4) is 0 Å². The third-order valence-corrected chi connectivity index (χ3v) is 3.28. The number of nitrogens with zero attached hydrogens (tertiary/aromatic N) is 1. The lowest BCUT2D eigenvalue weighted by Crippen LogP contribution is -2.60. The molecule has 0 saturated carbocycles. The van der Waals surface area contributed by atoms with E-state index in [9.17, 15) is 4.79 Å². The molecule has 4 heteroatoms. The smallest absolute Gasteiger partial charge is 0.227 e. The number of carbonyl (C=O) groups is 1. The van der Waals surface area contributed by atoms with Crippen LogP contribution in [0, 0.1) is 5.92 Å². The van der Waals surface area contributed by atoms with Crippen molar-refractivity contribution in [2.45, 2.75) is 58.7 Å². The van der Waals surface area contributed by atoms with Gasteiger partial charge >= 0.3 is 0 Å². The Labute approximate surface area is 111 Å². The lowest BCUT2D eigenvalue weighted by atomic mass is 9.95. The Morgan fingerprint density at radius 3 is 2.17 bits per heavy atom. The van der Waals surface area contributed by atoms with E-state index in [1.165, 1.54) is 0 Å². The van der Waals surface area contributed by atoms with Crippen molar-refractivity contribution in [3.63, 3.8) is 0 Å². The van der Waals surface area contributed by atoms with Crippen LogP contribution in [0.4, 0.5) is 0 Å².